The van der Waals surface area contributed by atoms with Crippen LogP contribution in [0.15, 0.2) is 4.99 Å². The van der Waals surface area contributed by atoms with Crippen molar-refractivity contribution in [2.24, 2.45) is 4.99 Å². The van der Waals surface area contributed by atoms with E-state index in [1.807, 2.05) is 0 Å². The average molecular weight is 329 g/mol. The van der Waals surface area contributed by atoms with Gasteiger partial charge in [0.1, 0.15) is 0 Å². The summed E-state index contributed by atoms with van der Waals surface area (Å²) in [5.74, 6) is 2.28. The third-order valence-electron chi connectivity index (χ3n) is 4.30. The number of nitrogens with zero attached hydrogens (tertiary/aromatic N) is 2. The number of rotatable bonds is 10. The predicted molar refractivity (Wildman–Crippen MR) is 101 cm³/mol. The van der Waals surface area contributed by atoms with Crippen LogP contribution in [0.1, 0.15) is 53.4 Å². The van der Waals surface area contributed by atoms with Crippen LogP contribution in [-0.2, 0) is 0 Å². The molecule has 22 heavy (non-hydrogen) atoms. The van der Waals surface area contributed by atoms with E-state index in [0.29, 0.717) is 4.75 Å². The summed E-state index contributed by atoms with van der Waals surface area (Å²) in [4.78, 5) is 7.28. The molecule has 4 nitrogen and oxygen atoms in total. The molecule has 0 radical (unpaired) electrons. The van der Waals surface area contributed by atoms with Crippen LogP contribution in [-0.4, -0.2) is 60.6 Å². The molecule has 1 unspecified atom stereocenters. The SMILES string of the molecule is CCNC(=NCC1(C)CCCS1)NCCCCN(CC)CC. The summed E-state index contributed by atoms with van der Waals surface area (Å²) in [5.41, 5.74) is 0. The van der Waals surface area contributed by atoms with E-state index in [9.17, 15) is 0 Å². The largest absolute Gasteiger partial charge is 0.357 e. The molecular formula is C17H36N4S. The first-order chi connectivity index (χ1) is 10.6. The molecule has 1 atom stereocenters. The lowest BCUT2D eigenvalue weighted by molar-refractivity contribution is 0.297. The molecule has 0 aromatic rings. The molecular weight excluding hydrogens is 292 g/mol. The summed E-state index contributed by atoms with van der Waals surface area (Å²) in [6, 6.07) is 0. The lowest BCUT2D eigenvalue weighted by Gasteiger charge is -2.21. The number of aliphatic imine (C=N–C) groups is 1. The van der Waals surface area contributed by atoms with E-state index >= 15 is 0 Å². The molecule has 1 fully saturated rings. The van der Waals surface area contributed by atoms with Crippen LogP contribution in [0.4, 0.5) is 0 Å². The van der Waals surface area contributed by atoms with Gasteiger partial charge in [0.2, 0.25) is 0 Å². The summed E-state index contributed by atoms with van der Waals surface area (Å²) in [6.07, 6.45) is 5.09. The van der Waals surface area contributed by atoms with Crippen molar-refractivity contribution in [1.29, 1.82) is 0 Å². The van der Waals surface area contributed by atoms with Gasteiger partial charge in [0.05, 0.1) is 6.54 Å². The highest BCUT2D eigenvalue weighted by Gasteiger charge is 2.29. The van der Waals surface area contributed by atoms with Crippen LogP contribution in [0.2, 0.25) is 0 Å². The van der Waals surface area contributed by atoms with Crippen molar-refractivity contribution in [1.82, 2.24) is 15.5 Å². The van der Waals surface area contributed by atoms with Gasteiger partial charge in [0.15, 0.2) is 5.96 Å². The number of nitrogens with one attached hydrogen (secondary N) is 2. The summed E-state index contributed by atoms with van der Waals surface area (Å²) in [7, 11) is 0. The van der Waals surface area contributed by atoms with E-state index in [1.165, 1.54) is 38.0 Å². The van der Waals surface area contributed by atoms with Crippen molar-refractivity contribution in [2.45, 2.75) is 58.1 Å². The second-order valence-corrected chi connectivity index (χ2v) is 7.94. The Balaban J connectivity index is 2.25. The highest BCUT2D eigenvalue weighted by Crippen LogP contribution is 2.37. The van der Waals surface area contributed by atoms with Crippen molar-refractivity contribution in [3.05, 3.63) is 0 Å². The lowest BCUT2D eigenvalue weighted by atomic mass is 10.1. The Morgan fingerprint density at radius 3 is 2.55 bits per heavy atom. The maximum absolute atomic E-state index is 4.80. The van der Waals surface area contributed by atoms with E-state index in [4.69, 9.17) is 4.99 Å². The number of thioether (sulfide) groups is 1. The van der Waals surface area contributed by atoms with E-state index in [-0.39, 0.29) is 0 Å². The molecule has 130 valence electrons. The van der Waals surface area contributed by atoms with E-state index in [1.54, 1.807) is 0 Å². The maximum Gasteiger partial charge on any atom is 0.191 e. The highest BCUT2D eigenvalue weighted by molar-refractivity contribution is 8.00. The molecule has 1 heterocycles. The van der Waals surface area contributed by atoms with Gasteiger partial charge in [0, 0.05) is 17.8 Å². The van der Waals surface area contributed by atoms with Crippen LogP contribution < -0.4 is 10.6 Å². The smallest absolute Gasteiger partial charge is 0.191 e. The quantitative estimate of drug-likeness (QED) is 0.367. The predicted octanol–water partition coefficient (Wildman–Crippen LogP) is 2.95. The van der Waals surface area contributed by atoms with Crippen molar-refractivity contribution in [2.75, 3.05) is 45.0 Å². The van der Waals surface area contributed by atoms with Crippen LogP contribution in [0.25, 0.3) is 0 Å². The van der Waals surface area contributed by atoms with Crippen molar-refractivity contribution < 1.29 is 0 Å². The van der Waals surface area contributed by atoms with E-state index in [0.717, 1.165) is 38.7 Å². The minimum atomic E-state index is 0.352. The van der Waals surface area contributed by atoms with E-state index in [2.05, 4.69) is 55.0 Å². The molecule has 1 aliphatic heterocycles. The highest BCUT2D eigenvalue weighted by atomic mass is 32.2. The fourth-order valence-corrected chi connectivity index (χ4v) is 3.98. The second-order valence-electron chi connectivity index (χ2n) is 6.26. The van der Waals surface area contributed by atoms with Gasteiger partial charge >= 0.3 is 0 Å². The first-order valence-electron chi connectivity index (χ1n) is 9.02. The molecule has 0 amide bonds. The Kier molecular flexibility index (Phi) is 9.96. The van der Waals surface area contributed by atoms with Gasteiger partial charge in [-0.2, -0.15) is 11.8 Å². The molecule has 0 aromatic heterocycles. The molecule has 0 bridgehead atoms. The van der Waals surface area contributed by atoms with Gasteiger partial charge in [-0.15, -0.1) is 0 Å². The lowest BCUT2D eigenvalue weighted by Crippen LogP contribution is -2.39. The monoisotopic (exact) mass is 328 g/mol. The third-order valence-corrected chi connectivity index (χ3v) is 5.83. The van der Waals surface area contributed by atoms with E-state index < -0.39 is 0 Å². The zero-order valence-corrected chi connectivity index (χ0v) is 15.9. The first kappa shape index (κ1) is 19.6. The summed E-state index contributed by atoms with van der Waals surface area (Å²) >= 11 is 2.08. The molecule has 5 heteroatoms. The Hall–Kier alpha value is -0.420. The van der Waals surface area contributed by atoms with Crippen LogP contribution in [0.3, 0.4) is 0 Å². The molecule has 0 aromatic carbocycles. The standard InChI is InChI=1S/C17H36N4S/c1-5-18-16(20-15-17(4)11-10-14-22-17)19-12-8-9-13-21(6-2)7-3/h5-15H2,1-4H3,(H2,18,19,20). The fraction of sp³-hybridized carbons (Fsp3) is 0.941. The Morgan fingerprint density at radius 1 is 1.18 bits per heavy atom. The van der Waals surface area contributed by atoms with Crippen molar-refractivity contribution in [3.8, 4) is 0 Å². The summed E-state index contributed by atoms with van der Waals surface area (Å²) in [6.45, 7) is 15.3. The molecule has 0 aliphatic carbocycles. The van der Waals surface area contributed by atoms with Crippen LogP contribution in [0.5, 0.6) is 0 Å². The molecule has 2 N–H and O–H groups in total. The van der Waals surface area contributed by atoms with Crippen molar-refractivity contribution in [3.63, 3.8) is 0 Å². The molecule has 1 rings (SSSR count). The number of unbranched alkanes of at least 4 members (excludes halogenated alkanes) is 1. The first-order valence-corrected chi connectivity index (χ1v) is 10.0. The molecule has 0 saturated carbocycles. The molecule has 1 saturated heterocycles. The minimum Gasteiger partial charge on any atom is -0.357 e. The Bertz CT molecular complexity index is 310. The number of hydrogen-bond donors (Lipinski definition) is 2. The Labute approximate surface area is 141 Å². The minimum absolute atomic E-state index is 0.352. The van der Waals surface area contributed by atoms with Gasteiger partial charge in [-0.25, -0.2) is 0 Å². The molecule has 1 aliphatic rings. The van der Waals surface area contributed by atoms with Gasteiger partial charge in [-0.1, -0.05) is 13.8 Å². The summed E-state index contributed by atoms with van der Waals surface area (Å²) in [5, 5.41) is 6.85. The van der Waals surface area contributed by atoms with Gasteiger partial charge in [-0.3, -0.25) is 4.99 Å². The Morgan fingerprint density at radius 2 is 1.95 bits per heavy atom. The zero-order chi connectivity index (χ0) is 16.3. The second kappa shape index (κ2) is 11.2. The number of guanidine groups is 1. The topological polar surface area (TPSA) is 39.7 Å². The zero-order valence-electron chi connectivity index (χ0n) is 15.1. The molecule has 0 spiro atoms. The normalized spacial score (nSPS) is 22.3. The number of hydrogen-bond acceptors (Lipinski definition) is 3. The summed E-state index contributed by atoms with van der Waals surface area (Å²) < 4.78 is 0.352. The van der Waals surface area contributed by atoms with Crippen molar-refractivity contribution >= 4 is 17.7 Å². The average Bonchev–Trinajstić information content (AvgIpc) is 2.95. The van der Waals surface area contributed by atoms with Gasteiger partial charge in [-0.05, 0) is 64.9 Å². The van der Waals surface area contributed by atoms with Crippen LogP contribution in [0, 0.1) is 0 Å². The maximum atomic E-state index is 4.80. The van der Waals surface area contributed by atoms with Gasteiger partial charge in [0.25, 0.3) is 0 Å². The van der Waals surface area contributed by atoms with Crippen LogP contribution >= 0.6 is 11.8 Å². The van der Waals surface area contributed by atoms with Gasteiger partial charge < -0.3 is 15.5 Å². The third kappa shape index (κ3) is 7.73. The fourth-order valence-electron chi connectivity index (χ4n) is 2.76.